The molecule has 0 bridgehead atoms. The van der Waals surface area contributed by atoms with Crippen LogP contribution in [0.4, 0.5) is 0 Å². The van der Waals surface area contributed by atoms with E-state index in [0.717, 1.165) is 0 Å². The number of hydrogen-bond acceptors (Lipinski definition) is 3. The summed E-state index contributed by atoms with van der Waals surface area (Å²) in [6.45, 7) is 0. The highest BCUT2D eigenvalue weighted by molar-refractivity contribution is 7.80. The van der Waals surface area contributed by atoms with Gasteiger partial charge in [0.1, 0.15) is 0 Å². The molecule has 2 atom stereocenters. The normalized spacial score (nSPS) is 18.6. The predicted molar refractivity (Wildman–Crippen MR) is 30.8 cm³/mol. The van der Waals surface area contributed by atoms with Gasteiger partial charge in [0, 0.05) is 0 Å². The number of rotatable bonds is 2. The van der Waals surface area contributed by atoms with Crippen molar-refractivity contribution >= 4 is 37.2 Å². The standard InChI is InChI=1S/Cl2H2O3P2/c1-6(3)5-7(2)4/h6-7H. The average molecular weight is 183 g/mol. The molecule has 3 nitrogen and oxygen atoms in total. The van der Waals surface area contributed by atoms with Crippen LogP contribution in [0.1, 0.15) is 0 Å². The lowest BCUT2D eigenvalue weighted by Gasteiger charge is -1.84. The topological polar surface area (TPSA) is 43.4 Å². The molecule has 0 heterocycles. The predicted octanol–water partition coefficient (Wildman–Crippen LogP) is 2.26. The third-order valence-electron chi connectivity index (χ3n) is 0.160. The second kappa shape index (κ2) is 3.94. The molecule has 0 saturated heterocycles. The molecule has 0 amide bonds. The second-order valence-electron chi connectivity index (χ2n) is 0.577. The Morgan fingerprint density at radius 1 is 1.14 bits per heavy atom. The first kappa shape index (κ1) is 8.00. The van der Waals surface area contributed by atoms with Crippen molar-refractivity contribution in [1.29, 1.82) is 0 Å². The fourth-order valence-corrected chi connectivity index (χ4v) is 2.18. The van der Waals surface area contributed by atoms with Crippen molar-refractivity contribution in [2.45, 2.75) is 0 Å². The van der Waals surface area contributed by atoms with Gasteiger partial charge in [-0.2, -0.15) is 0 Å². The molecule has 7 heteroatoms. The van der Waals surface area contributed by atoms with Gasteiger partial charge in [0.2, 0.25) is 0 Å². The lowest BCUT2D eigenvalue weighted by molar-refractivity contribution is 0.508. The maximum Gasteiger partial charge on any atom is 0.284 e. The lowest BCUT2D eigenvalue weighted by atomic mass is 15.8. The van der Waals surface area contributed by atoms with Crippen LogP contribution in [0.2, 0.25) is 0 Å². The maximum absolute atomic E-state index is 9.72. The highest BCUT2D eigenvalue weighted by Crippen LogP contribution is 2.43. The zero-order valence-electron chi connectivity index (χ0n) is 2.98. The van der Waals surface area contributed by atoms with Crippen LogP contribution in [-0.4, -0.2) is 0 Å². The van der Waals surface area contributed by atoms with Gasteiger partial charge in [-0.25, -0.2) is 0 Å². The first-order valence-electron chi connectivity index (χ1n) is 1.19. The van der Waals surface area contributed by atoms with Crippen LogP contribution in [0.15, 0.2) is 0 Å². The van der Waals surface area contributed by atoms with Gasteiger partial charge in [0.05, 0.1) is 0 Å². The van der Waals surface area contributed by atoms with E-state index in [1.54, 1.807) is 0 Å². The molecule has 0 aromatic heterocycles. The maximum atomic E-state index is 9.72. The zero-order chi connectivity index (χ0) is 5.86. The summed E-state index contributed by atoms with van der Waals surface area (Å²) in [6, 6.07) is 0. The summed E-state index contributed by atoms with van der Waals surface area (Å²) < 4.78 is 23.3. The van der Waals surface area contributed by atoms with Crippen molar-refractivity contribution in [3.63, 3.8) is 0 Å². The van der Waals surface area contributed by atoms with Gasteiger partial charge in [-0.3, -0.25) is 13.4 Å². The van der Waals surface area contributed by atoms with E-state index < -0.39 is 14.8 Å². The largest absolute Gasteiger partial charge is 0.284 e. The lowest BCUT2D eigenvalue weighted by Crippen LogP contribution is -1.44. The van der Waals surface area contributed by atoms with E-state index in [0.29, 0.717) is 0 Å². The van der Waals surface area contributed by atoms with E-state index in [2.05, 4.69) is 4.31 Å². The summed E-state index contributed by atoms with van der Waals surface area (Å²) in [5.74, 6) is 0. The van der Waals surface area contributed by atoms with Gasteiger partial charge >= 0.3 is 0 Å². The molecule has 0 spiro atoms. The van der Waals surface area contributed by atoms with E-state index >= 15 is 0 Å². The first-order chi connectivity index (χ1) is 3.13. The highest BCUT2D eigenvalue weighted by atomic mass is 35.7. The van der Waals surface area contributed by atoms with E-state index in [4.69, 9.17) is 22.5 Å². The Kier molecular flexibility index (Phi) is 4.50. The monoisotopic (exact) mass is 182 g/mol. The van der Waals surface area contributed by atoms with Crippen LogP contribution in [0, 0.1) is 0 Å². The van der Waals surface area contributed by atoms with Crippen LogP contribution in [-0.2, 0) is 13.4 Å². The molecule has 0 rings (SSSR count). The van der Waals surface area contributed by atoms with Gasteiger partial charge in [-0.15, -0.1) is 0 Å². The molecule has 44 valence electrons. The average Bonchev–Trinajstić information content (AvgIpc) is 1.27. The van der Waals surface area contributed by atoms with Crippen molar-refractivity contribution in [3.8, 4) is 0 Å². The molecule has 0 aromatic rings. The van der Waals surface area contributed by atoms with Crippen LogP contribution in [0.3, 0.4) is 0 Å². The molecule has 2 unspecified atom stereocenters. The molecule has 0 aliphatic heterocycles. The Morgan fingerprint density at radius 2 is 1.43 bits per heavy atom. The molecule has 0 aliphatic rings. The van der Waals surface area contributed by atoms with E-state index in [9.17, 15) is 9.13 Å². The van der Waals surface area contributed by atoms with Gasteiger partial charge in [-0.1, -0.05) is 0 Å². The minimum absolute atomic E-state index is 2.61. The SMILES string of the molecule is O=[PH](Cl)O[PH](=O)Cl. The molecule has 0 radical (unpaired) electrons. The number of halogens is 2. The van der Waals surface area contributed by atoms with Crippen LogP contribution >= 0.6 is 37.2 Å². The fourth-order valence-electron chi connectivity index (χ4n) is 0.0631. The van der Waals surface area contributed by atoms with Crippen molar-refractivity contribution in [2.24, 2.45) is 0 Å². The molecule has 0 aliphatic carbocycles. The van der Waals surface area contributed by atoms with Crippen LogP contribution < -0.4 is 0 Å². The molecule has 0 fully saturated rings. The number of hydrogen-bond donors (Lipinski definition) is 0. The summed E-state index contributed by atoms with van der Waals surface area (Å²) in [7, 11) is -5.22. The van der Waals surface area contributed by atoms with Gasteiger partial charge in [-0.05, 0) is 22.5 Å². The molecule has 0 saturated carbocycles. The third-order valence-corrected chi connectivity index (χ3v) is 2.83. The van der Waals surface area contributed by atoms with Crippen molar-refractivity contribution in [3.05, 3.63) is 0 Å². The Balaban J connectivity index is 3.32. The first-order valence-corrected chi connectivity index (χ1v) is 5.85. The van der Waals surface area contributed by atoms with Crippen molar-refractivity contribution in [2.75, 3.05) is 0 Å². The Labute approximate surface area is 51.3 Å². The van der Waals surface area contributed by atoms with Gasteiger partial charge in [0.15, 0.2) is 0 Å². The fraction of sp³-hybridized carbons (Fsp3) is 0. The van der Waals surface area contributed by atoms with E-state index in [1.165, 1.54) is 0 Å². The molecular formula is H2Cl2O3P2. The smallest absolute Gasteiger partial charge is 0.278 e. The van der Waals surface area contributed by atoms with Gasteiger partial charge in [0.25, 0.3) is 14.8 Å². The summed E-state index contributed by atoms with van der Waals surface area (Å²) in [4.78, 5) is 0. The molecule has 0 N–H and O–H groups in total. The minimum Gasteiger partial charge on any atom is -0.278 e. The second-order valence-corrected chi connectivity index (χ2v) is 4.20. The summed E-state index contributed by atoms with van der Waals surface area (Å²) in [5.41, 5.74) is 0. The quantitative estimate of drug-likeness (QED) is 0.616. The third kappa shape index (κ3) is 7.00. The highest BCUT2D eigenvalue weighted by Gasteiger charge is 1.94. The summed E-state index contributed by atoms with van der Waals surface area (Å²) >= 11 is 9.48. The molecule has 7 heavy (non-hydrogen) atoms. The van der Waals surface area contributed by atoms with E-state index in [-0.39, 0.29) is 0 Å². The van der Waals surface area contributed by atoms with Crippen LogP contribution in [0.5, 0.6) is 0 Å². The van der Waals surface area contributed by atoms with Crippen molar-refractivity contribution in [1.82, 2.24) is 0 Å². The van der Waals surface area contributed by atoms with Gasteiger partial charge < -0.3 is 0 Å². The Hall–Kier alpha value is 1.00. The molecular weight excluding hydrogens is 181 g/mol. The Morgan fingerprint density at radius 3 is 1.43 bits per heavy atom. The van der Waals surface area contributed by atoms with E-state index in [1.807, 2.05) is 0 Å². The molecule has 0 aromatic carbocycles. The zero-order valence-corrected chi connectivity index (χ0v) is 6.49. The van der Waals surface area contributed by atoms with Crippen molar-refractivity contribution < 1.29 is 13.4 Å². The Bertz CT molecular complexity index is 87.1. The minimum atomic E-state index is -2.61. The van der Waals surface area contributed by atoms with Crippen LogP contribution in [0.25, 0.3) is 0 Å². The summed E-state index contributed by atoms with van der Waals surface area (Å²) in [6.07, 6.45) is 0. The summed E-state index contributed by atoms with van der Waals surface area (Å²) in [5, 5.41) is 0.